The van der Waals surface area contributed by atoms with Gasteiger partial charge in [-0.25, -0.2) is 0 Å². The lowest BCUT2D eigenvalue weighted by Crippen LogP contribution is -2.23. The molecule has 1 unspecified atom stereocenters. The Morgan fingerprint density at radius 3 is 2.79 bits per heavy atom. The molecule has 0 amide bonds. The Balaban J connectivity index is 1.83. The van der Waals surface area contributed by atoms with E-state index >= 15 is 0 Å². The van der Waals surface area contributed by atoms with Gasteiger partial charge in [0.25, 0.3) is 5.56 Å². The van der Waals surface area contributed by atoms with Gasteiger partial charge < -0.3 is 4.52 Å². The molecule has 3 heterocycles. The lowest BCUT2D eigenvalue weighted by atomic mass is 10.2. The first-order valence-corrected chi connectivity index (χ1v) is 10.3. The van der Waals surface area contributed by atoms with Crippen LogP contribution in [0.3, 0.4) is 0 Å². The molecule has 9 heteroatoms. The summed E-state index contributed by atoms with van der Waals surface area (Å²) in [6.45, 7) is 6.55. The van der Waals surface area contributed by atoms with Gasteiger partial charge in [-0.15, -0.1) is 10.2 Å². The summed E-state index contributed by atoms with van der Waals surface area (Å²) in [6.07, 6.45) is 3.08. The SMILES string of the molecule is CCCCCn1c(=O)c2ccccc2n2c(SC(C)c3nc(C)no3)nnc12. The smallest absolute Gasteiger partial charge is 0.262 e. The standard InChI is InChI=1S/C19H22N6O2S/c1-4-5-8-11-24-17(26)14-9-6-7-10-15(14)25-18(24)21-22-19(25)28-12(2)16-20-13(3)23-27-16/h6-7,9-10,12H,4-5,8,11H2,1-3H3. The number of benzene rings is 1. The largest absolute Gasteiger partial charge is 0.338 e. The van der Waals surface area contributed by atoms with Crippen LogP contribution >= 0.6 is 11.8 Å². The molecule has 0 saturated carbocycles. The Morgan fingerprint density at radius 1 is 1.21 bits per heavy atom. The molecule has 3 aromatic heterocycles. The highest BCUT2D eigenvalue weighted by molar-refractivity contribution is 7.99. The maximum absolute atomic E-state index is 13.0. The highest BCUT2D eigenvalue weighted by Crippen LogP contribution is 2.33. The molecule has 0 aliphatic heterocycles. The van der Waals surface area contributed by atoms with E-state index < -0.39 is 0 Å². The summed E-state index contributed by atoms with van der Waals surface area (Å²) in [5, 5.41) is 13.8. The van der Waals surface area contributed by atoms with E-state index in [0.717, 1.165) is 24.8 Å². The Bertz CT molecular complexity index is 1180. The van der Waals surface area contributed by atoms with Crippen molar-refractivity contribution in [3.8, 4) is 0 Å². The van der Waals surface area contributed by atoms with Crippen molar-refractivity contribution in [2.75, 3.05) is 0 Å². The van der Waals surface area contributed by atoms with Gasteiger partial charge in [0.2, 0.25) is 11.7 Å². The van der Waals surface area contributed by atoms with Gasteiger partial charge in [0.15, 0.2) is 11.0 Å². The molecule has 0 radical (unpaired) electrons. The first-order chi connectivity index (χ1) is 13.6. The van der Waals surface area contributed by atoms with Crippen LogP contribution < -0.4 is 5.56 Å². The topological polar surface area (TPSA) is 91.1 Å². The number of nitrogens with zero attached hydrogens (tertiary/aromatic N) is 6. The predicted molar refractivity (Wildman–Crippen MR) is 108 cm³/mol. The molecular weight excluding hydrogens is 376 g/mol. The van der Waals surface area contributed by atoms with Gasteiger partial charge in [-0.2, -0.15) is 4.98 Å². The minimum atomic E-state index is -0.0900. The van der Waals surface area contributed by atoms with Crippen LogP contribution in [0.2, 0.25) is 0 Å². The Labute approximate surface area is 166 Å². The molecule has 0 bridgehead atoms. The molecule has 4 rings (SSSR count). The second-order valence-corrected chi connectivity index (χ2v) is 8.05. The van der Waals surface area contributed by atoms with Crippen LogP contribution in [0, 0.1) is 6.92 Å². The normalized spacial score (nSPS) is 12.8. The fourth-order valence-corrected chi connectivity index (χ4v) is 4.10. The molecule has 0 N–H and O–H groups in total. The first kappa shape index (κ1) is 18.7. The average Bonchev–Trinajstić information content (AvgIpc) is 3.31. The molecule has 8 nitrogen and oxygen atoms in total. The van der Waals surface area contributed by atoms with Crippen LogP contribution in [0.5, 0.6) is 0 Å². The fraction of sp³-hybridized carbons (Fsp3) is 0.421. The van der Waals surface area contributed by atoms with Crippen LogP contribution in [0.4, 0.5) is 0 Å². The van der Waals surface area contributed by atoms with Crippen LogP contribution in [0.25, 0.3) is 16.7 Å². The van der Waals surface area contributed by atoms with Gasteiger partial charge in [-0.3, -0.25) is 13.8 Å². The predicted octanol–water partition coefficient (Wildman–Crippen LogP) is 3.78. The van der Waals surface area contributed by atoms with Crippen molar-refractivity contribution >= 4 is 28.4 Å². The molecule has 0 fully saturated rings. The average molecular weight is 398 g/mol. The van der Waals surface area contributed by atoms with Crippen LogP contribution in [0.1, 0.15) is 50.1 Å². The minimum Gasteiger partial charge on any atom is -0.338 e. The zero-order chi connectivity index (χ0) is 19.7. The maximum atomic E-state index is 13.0. The van der Waals surface area contributed by atoms with E-state index in [4.69, 9.17) is 4.52 Å². The van der Waals surface area contributed by atoms with Crippen molar-refractivity contribution in [2.45, 2.75) is 57.0 Å². The second-order valence-electron chi connectivity index (χ2n) is 6.74. The first-order valence-electron chi connectivity index (χ1n) is 9.43. The summed E-state index contributed by atoms with van der Waals surface area (Å²) in [5.41, 5.74) is 0.777. The molecule has 146 valence electrons. The van der Waals surface area contributed by atoms with Crippen molar-refractivity contribution in [3.05, 3.63) is 46.3 Å². The number of rotatable bonds is 7. The van der Waals surface area contributed by atoms with Gasteiger partial charge in [-0.1, -0.05) is 48.8 Å². The number of hydrogen-bond donors (Lipinski definition) is 0. The van der Waals surface area contributed by atoms with Crippen molar-refractivity contribution in [1.29, 1.82) is 0 Å². The van der Waals surface area contributed by atoms with E-state index in [2.05, 4.69) is 27.3 Å². The van der Waals surface area contributed by atoms with E-state index in [1.165, 1.54) is 11.8 Å². The summed E-state index contributed by atoms with van der Waals surface area (Å²) in [5.74, 6) is 1.71. The summed E-state index contributed by atoms with van der Waals surface area (Å²) in [6, 6.07) is 7.58. The summed E-state index contributed by atoms with van der Waals surface area (Å²) >= 11 is 1.48. The molecule has 0 spiro atoms. The van der Waals surface area contributed by atoms with Gasteiger partial charge in [-0.05, 0) is 32.4 Å². The van der Waals surface area contributed by atoms with E-state index in [1.54, 1.807) is 11.5 Å². The summed E-state index contributed by atoms with van der Waals surface area (Å²) in [4.78, 5) is 17.3. The number of aromatic nitrogens is 6. The van der Waals surface area contributed by atoms with Crippen molar-refractivity contribution < 1.29 is 4.52 Å². The molecular formula is C19H22N6O2S. The Hall–Kier alpha value is -2.68. The quantitative estimate of drug-likeness (QED) is 0.345. The maximum Gasteiger partial charge on any atom is 0.262 e. The molecule has 0 aliphatic carbocycles. The highest BCUT2D eigenvalue weighted by atomic mass is 32.2. The molecule has 0 saturated heterocycles. The van der Waals surface area contributed by atoms with E-state index in [0.29, 0.717) is 34.6 Å². The van der Waals surface area contributed by atoms with Gasteiger partial charge >= 0.3 is 0 Å². The number of fused-ring (bicyclic) bond motifs is 3. The van der Waals surface area contributed by atoms with E-state index in [1.807, 2.05) is 35.6 Å². The number of hydrogen-bond acceptors (Lipinski definition) is 7. The number of thioether (sulfide) groups is 1. The number of para-hydroxylation sites is 1. The Morgan fingerprint density at radius 2 is 2.04 bits per heavy atom. The van der Waals surface area contributed by atoms with Crippen molar-refractivity contribution in [3.63, 3.8) is 0 Å². The zero-order valence-corrected chi connectivity index (χ0v) is 16.9. The monoisotopic (exact) mass is 398 g/mol. The van der Waals surface area contributed by atoms with Gasteiger partial charge in [0.05, 0.1) is 16.2 Å². The number of aryl methyl sites for hydroxylation is 2. The minimum absolute atomic E-state index is 0.0243. The Kier molecular flexibility index (Phi) is 5.17. The van der Waals surface area contributed by atoms with Crippen LogP contribution in [-0.2, 0) is 6.54 Å². The lowest BCUT2D eigenvalue weighted by molar-refractivity contribution is 0.376. The molecule has 1 aromatic carbocycles. The van der Waals surface area contributed by atoms with E-state index in [9.17, 15) is 4.79 Å². The highest BCUT2D eigenvalue weighted by Gasteiger charge is 2.21. The third kappa shape index (κ3) is 3.30. The number of unbranched alkanes of at least 4 members (excludes halogenated alkanes) is 2. The van der Waals surface area contributed by atoms with Gasteiger partial charge in [0.1, 0.15) is 0 Å². The van der Waals surface area contributed by atoms with Crippen LogP contribution in [-0.4, -0.2) is 29.3 Å². The lowest BCUT2D eigenvalue weighted by Gasteiger charge is -2.11. The molecule has 28 heavy (non-hydrogen) atoms. The zero-order valence-electron chi connectivity index (χ0n) is 16.1. The third-order valence-corrected chi connectivity index (χ3v) is 5.67. The summed E-state index contributed by atoms with van der Waals surface area (Å²) in [7, 11) is 0. The van der Waals surface area contributed by atoms with Crippen LogP contribution in [0.15, 0.2) is 38.7 Å². The van der Waals surface area contributed by atoms with Gasteiger partial charge in [0, 0.05) is 6.54 Å². The molecule has 4 aromatic rings. The van der Waals surface area contributed by atoms with Crippen molar-refractivity contribution in [2.24, 2.45) is 0 Å². The van der Waals surface area contributed by atoms with Crippen molar-refractivity contribution in [1.82, 2.24) is 29.3 Å². The summed E-state index contributed by atoms with van der Waals surface area (Å²) < 4.78 is 8.97. The van der Waals surface area contributed by atoms with E-state index in [-0.39, 0.29) is 10.8 Å². The molecule has 0 aliphatic rings. The molecule has 1 atom stereocenters. The second kappa shape index (κ2) is 7.75. The third-order valence-electron chi connectivity index (χ3n) is 4.64. The fourth-order valence-electron chi connectivity index (χ4n) is 3.22.